The summed E-state index contributed by atoms with van der Waals surface area (Å²) in [6.07, 6.45) is -0.857. The molecule has 0 aromatic heterocycles. The van der Waals surface area contributed by atoms with Gasteiger partial charge in [-0.3, -0.25) is 4.79 Å². The minimum atomic E-state index is -0.857. The molecular formula is C19H18O5. The zero-order valence-corrected chi connectivity index (χ0v) is 13.5. The lowest BCUT2D eigenvalue weighted by atomic mass is 10.0. The maximum Gasteiger partial charge on any atom is 0.336 e. The topological polar surface area (TPSA) is 72.8 Å². The van der Waals surface area contributed by atoms with Gasteiger partial charge >= 0.3 is 5.97 Å². The largest absolute Gasteiger partial charge is 0.507 e. The SMILES string of the molecule is C=C(C)C(=O)OC(C)Oc1ccc(C(=O)c2ccccc2)c(O)c1. The second kappa shape index (κ2) is 7.46. The van der Waals surface area contributed by atoms with Gasteiger partial charge in [-0.15, -0.1) is 0 Å². The minimum absolute atomic E-state index is 0.167. The lowest BCUT2D eigenvalue weighted by molar-refractivity contribution is -0.156. The fraction of sp³-hybridized carbons (Fsp3) is 0.158. The molecule has 0 aliphatic rings. The highest BCUT2D eigenvalue weighted by Gasteiger charge is 2.16. The Hall–Kier alpha value is -3.08. The number of benzene rings is 2. The van der Waals surface area contributed by atoms with E-state index in [2.05, 4.69) is 6.58 Å². The van der Waals surface area contributed by atoms with E-state index in [-0.39, 0.29) is 28.4 Å². The van der Waals surface area contributed by atoms with Crippen LogP contribution in [0.3, 0.4) is 0 Å². The number of esters is 1. The van der Waals surface area contributed by atoms with Crippen LogP contribution in [-0.2, 0) is 9.53 Å². The molecule has 124 valence electrons. The van der Waals surface area contributed by atoms with Crippen LogP contribution in [0.25, 0.3) is 0 Å². The highest BCUT2D eigenvalue weighted by molar-refractivity contribution is 6.10. The molecule has 2 aromatic rings. The molecule has 0 spiro atoms. The first-order chi connectivity index (χ1) is 11.4. The van der Waals surface area contributed by atoms with E-state index in [1.54, 1.807) is 37.3 Å². The van der Waals surface area contributed by atoms with Crippen molar-refractivity contribution in [3.63, 3.8) is 0 Å². The first-order valence-electron chi connectivity index (χ1n) is 7.34. The molecule has 0 aliphatic carbocycles. The second-order valence-electron chi connectivity index (χ2n) is 5.25. The molecule has 5 nitrogen and oxygen atoms in total. The van der Waals surface area contributed by atoms with Crippen molar-refractivity contribution in [2.24, 2.45) is 0 Å². The summed E-state index contributed by atoms with van der Waals surface area (Å²) in [5.74, 6) is -0.789. The van der Waals surface area contributed by atoms with E-state index in [0.717, 1.165) is 0 Å². The van der Waals surface area contributed by atoms with Crippen molar-refractivity contribution in [1.29, 1.82) is 0 Å². The molecule has 2 rings (SSSR count). The monoisotopic (exact) mass is 326 g/mol. The number of ketones is 1. The number of hydrogen-bond donors (Lipinski definition) is 1. The van der Waals surface area contributed by atoms with E-state index in [0.29, 0.717) is 5.56 Å². The van der Waals surface area contributed by atoms with Crippen LogP contribution in [0.1, 0.15) is 29.8 Å². The third-order valence-corrected chi connectivity index (χ3v) is 3.17. The van der Waals surface area contributed by atoms with Gasteiger partial charge in [0.2, 0.25) is 6.29 Å². The summed E-state index contributed by atoms with van der Waals surface area (Å²) in [5, 5.41) is 10.1. The maximum atomic E-state index is 12.3. The van der Waals surface area contributed by atoms with Crippen molar-refractivity contribution in [3.05, 3.63) is 71.8 Å². The van der Waals surface area contributed by atoms with Gasteiger partial charge in [0.1, 0.15) is 11.5 Å². The summed E-state index contributed by atoms with van der Waals surface area (Å²) >= 11 is 0. The molecule has 0 bridgehead atoms. The van der Waals surface area contributed by atoms with Crippen LogP contribution in [0, 0.1) is 0 Å². The smallest absolute Gasteiger partial charge is 0.336 e. The van der Waals surface area contributed by atoms with Gasteiger partial charge in [0, 0.05) is 24.1 Å². The van der Waals surface area contributed by atoms with Gasteiger partial charge in [-0.25, -0.2) is 4.79 Å². The first-order valence-corrected chi connectivity index (χ1v) is 7.34. The van der Waals surface area contributed by atoms with Crippen LogP contribution in [-0.4, -0.2) is 23.1 Å². The van der Waals surface area contributed by atoms with Crippen molar-refractivity contribution >= 4 is 11.8 Å². The molecule has 0 fully saturated rings. The van der Waals surface area contributed by atoms with E-state index < -0.39 is 12.3 Å². The molecular weight excluding hydrogens is 308 g/mol. The van der Waals surface area contributed by atoms with Crippen molar-refractivity contribution < 1.29 is 24.2 Å². The van der Waals surface area contributed by atoms with Gasteiger partial charge in [0.15, 0.2) is 5.78 Å². The number of carbonyl (C=O) groups is 2. The first kappa shape index (κ1) is 17.3. The van der Waals surface area contributed by atoms with Crippen LogP contribution < -0.4 is 4.74 Å². The van der Waals surface area contributed by atoms with Crippen molar-refractivity contribution in [2.45, 2.75) is 20.1 Å². The number of rotatable bonds is 6. The molecule has 2 aromatic carbocycles. The third kappa shape index (κ3) is 4.23. The quantitative estimate of drug-likeness (QED) is 0.381. The number of hydrogen-bond acceptors (Lipinski definition) is 5. The Bertz CT molecular complexity index is 765. The molecule has 1 N–H and O–H groups in total. The van der Waals surface area contributed by atoms with Gasteiger partial charge in [0.25, 0.3) is 0 Å². The average molecular weight is 326 g/mol. The molecule has 1 unspecified atom stereocenters. The molecule has 0 radical (unpaired) electrons. The van der Waals surface area contributed by atoms with Crippen molar-refractivity contribution in [1.82, 2.24) is 0 Å². The predicted octanol–water partition coefficient (Wildman–Crippen LogP) is 3.47. The Kier molecular flexibility index (Phi) is 5.37. The number of phenolic OH excluding ortho intramolecular Hbond substituents is 1. The molecule has 0 saturated heterocycles. The van der Waals surface area contributed by atoms with Crippen LogP contribution >= 0.6 is 0 Å². The fourth-order valence-electron chi connectivity index (χ4n) is 1.99. The van der Waals surface area contributed by atoms with Gasteiger partial charge in [-0.05, 0) is 19.1 Å². The summed E-state index contributed by atoms with van der Waals surface area (Å²) in [7, 11) is 0. The summed E-state index contributed by atoms with van der Waals surface area (Å²) in [4.78, 5) is 23.8. The Balaban J connectivity index is 2.11. The molecule has 0 saturated carbocycles. The predicted molar refractivity (Wildman–Crippen MR) is 89.0 cm³/mol. The highest BCUT2D eigenvalue weighted by Crippen LogP contribution is 2.26. The lowest BCUT2D eigenvalue weighted by Crippen LogP contribution is -2.21. The number of carbonyl (C=O) groups excluding carboxylic acids is 2. The van der Waals surface area contributed by atoms with Crippen LogP contribution in [0.5, 0.6) is 11.5 Å². The Labute approximate surface area is 140 Å². The number of phenols is 1. The Morgan fingerprint density at radius 1 is 1.12 bits per heavy atom. The number of aromatic hydroxyl groups is 1. The van der Waals surface area contributed by atoms with Gasteiger partial charge in [0.05, 0.1) is 5.56 Å². The second-order valence-corrected chi connectivity index (χ2v) is 5.25. The van der Waals surface area contributed by atoms with Crippen molar-refractivity contribution in [3.8, 4) is 11.5 Å². The molecule has 24 heavy (non-hydrogen) atoms. The van der Waals surface area contributed by atoms with Gasteiger partial charge in [-0.1, -0.05) is 36.9 Å². The maximum absolute atomic E-state index is 12.3. The molecule has 0 aliphatic heterocycles. The van der Waals surface area contributed by atoms with E-state index in [1.807, 2.05) is 0 Å². The third-order valence-electron chi connectivity index (χ3n) is 3.17. The standard InChI is InChI=1S/C19H18O5/c1-12(2)19(22)24-13(3)23-15-9-10-16(17(20)11-15)18(21)14-7-5-4-6-8-14/h4-11,13,20H,1H2,2-3H3. The van der Waals surface area contributed by atoms with Crippen molar-refractivity contribution in [2.75, 3.05) is 0 Å². The summed E-state index contributed by atoms with van der Waals surface area (Å²) < 4.78 is 10.4. The van der Waals surface area contributed by atoms with Crippen LogP contribution in [0.15, 0.2) is 60.7 Å². The van der Waals surface area contributed by atoms with Gasteiger partial charge < -0.3 is 14.6 Å². The average Bonchev–Trinajstić information content (AvgIpc) is 2.55. The van der Waals surface area contributed by atoms with Gasteiger partial charge in [-0.2, -0.15) is 0 Å². The summed E-state index contributed by atoms with van der Waals surface area (Å²) in [5.41, 5.74) is 0.905. The molecule has 1 atom stereocenters. The minimum Gasteiger partial charge on any atom is -0.507 e. The Morgan fingerprint density at radius 3 is 2.38 bits per heavy atom. The van der Waals surface area contributed by atoms with E-state index >= 15 is 0 Å². The molecule has 5 heteroatoms. The summed E-state index contributed by atoms with van der Waals surface area (Å²) in [6.45, 7) is 6.56. The molecule has 0 heterocycles. The van der Waals surface area contributed by atoms with Crippen LogP contribution in [0.4, 0.5) is 0 Å². The zero-order chi connectivity index (χ0) is 17.7. The molecule has 0 amide bonds. The van der Waals surface area contributed by atoms with E-state index in [4.69, 9.17) is 9.47 Å². The number of ether oxygens (including phenoxy) is 2. The van der Waals surface area contributed by atoms with E-state index in [9.17, 15) is 14.7 Å². The van der Waals surface area contributed by atoms with E-state index in [1.165, 1.54) is 25.1 Å². The Morgan fingerprint density at radius 2 is 1.79 bits per heavy atom. The fourth-order valence-corrected chi connectivity index (χ4v) is 1.99. The zero-order valence-electron chi connectivity index (χ0n) is 13.5. The summed E-state index contributed by atoms with van der Waals surface area (Å²) in [6, 6.07) is 13.0. The highest BCUT2D eigenvalue weighted by atomic mass is 16.7. The normalized spacial score (nSPS) is 11.4. The van der Waals surface area contributed by atoms with Crippen LogP contribution in [0.2, 0.25) is 0 Å². The lowest BCUT2D eigenvalue weighted by Gasteiger charge is -2.16.